The van der Waals surface area contributed by atoms with Crippen LogP contribution in [0.4, 0.5) is 0 Å². The fourth-order valence-corrected chi connectivity index (χ4v) is 0.856. The van der Waals surface area contributed by atoms with E-state index >= 15 is 0 Å². The summed E-state index contributed by atoms with van der Waals surface area (Å²) in [7, 11) is 0. The van der Waals surface area contributed by atoms with Crippen LogP contribution in [0.2, 0.25) is 0 Å². The third-order valence-corrected chi connectivity index (χ3v) is 1.52. The average Bonchev–Trinajstić information content (AvgIpc) is 1.98. The Labute approximate surface area is 62.9 Å². The monoisotopic (exact) mass is 143 g/mol. The van der Waals surface area contributed by atoms with Gasteiger partial charge in [-0.3, -0.25) is 0 Å². The molecule has 2 N–H and O–H groups in total. The van der Waals surface area contributed by atoms with Gasteiger partial charge in [-0.25, -0.2) is 0 Å². The van der Waals surface area contributed by atoms with Gasteiger partial charge < -0.3 is 10.4 Å². The van der Waals surface area contributed by atoms with Gasteiger partial charge in [-0.15, -0.1) is 6.58 Å². The Morgan fingerprint density at radius 3 is 2.80 bits per heavy atom. The third-order valence-electron chi connectivity index (χ3n) is 1.52. The van der Waals surface area contributed by atoms with Crippen molar-refractivity contribution in [2.75, 3.05) is 13.2 Å². The maximum absolute atomic E-state index is 8.60. The van der Waals surface area contributed by atoms with Gasteiger partial charge in [-0.1, -0.05) is 13.0 Å². The molecule has 0 aromatic heterocycles. The molecule has 60 valence electrons. The molecule has 0 rings (SSSR count). The van der Waals surface area contributed by atoms with E-state index in [2.05, 4.69) is 18.8 Å². The van der Waals surface area contributed by atoms with Gasteiger partial charge in [0.05, 0.1) is 0 Å². The highest BCUT2D eigenvalue weighted by atomic mass is 16.3. The Morgan fingerprint density at radius 1 is 1.70 bits per heavy atom. The molecule has 0 aliphatic carbocycles. The van der Waals surface area contributed by atoms with E-state index in [1.54, 1.807) is 0 Å². The summed E-state index contributed by atoms with van der Waals surface area (Å²) in [4.78, 5) is 0. The van der Waals surface area contributed by atoms with E-state index in [1.165, 1.54) is 0 Å². The van der Waals surface area contributed by atoms with Crippen molar-refractivity contribution >= 4 is 0 Å². The van der Waals surface area contributed by atoms with Crippen LogP contribution < -0.4 is 5.32 Å². The van der Waals surface area contributed by atoms with Crippen molar-refractivity contribution in [1.29, 1.82) is 0 Å². The molecule has 0 aromatic carbocycles. The van der Waals surface area contributed by atoms with Crippen molar-refractivity contribution in [3.63, 3.8) is 0 Å². The van der Waals surface area contributed by atoms with Gasteiger partial charge in [0.25, 0.3) is 0 Å². The summed E-state index contributed by atoms with van der Waals surface area (Å²) in [6.07, 6.45) is 3.73. The minimum Gasteiger partial charge on any atom is -0.396 e. The third kappa shape index (κ3) is 4.53. The molecule has 0 spiro atoms. The zero-order valence-electron chi connectivity index (χ0n) is 6.64. The van der Waals surface area contributed by atoms with Crippen molar-refractivity contribution in [3.8, 4) is 0 Å². The lowest BCUT2D eigenvalue weighted by Gasteiger charge is -2.13. The van der Waals surface area contributed by atoms with Crippen LogP contribution in [-0.4, -0.2) is 24.3 Å². The van der Waals surface area contributed by atoms with E-state index in [0.29, 0.717) is 6.04 Å². The van der Waals surface area contributed by atoms with E-state index < -0.39 is 0 Å². The Bertz CT molecular complexity index is 83.3. The van der Waals surface area contributed by atoms with Crippen LogP contribution in [0.25, 0.3) is 0 Å². The molecule has 0 fully saturated rings. The van der Waals surface area contributed by atoms with Gasteiger partial charge in [0.2, 0.25) is 0 Å². The number of hydrogen-bond donors (Lipinski definition) is 2. The molecular weight excluding hydrogens is 126 g/mol. The lowest BCUT2D eigenvalue weighted by molar-refractivity contribution is 0.264. The fourth-order valence-electron chi connectivity index (χ4n) is 0.856. The van der Waals surface area contributed by atoms with Crippen LogP contribution in [0.15, 0.2) is 12.7 Å². The van der Waals surface area contributed by atoms with E-state index in [0.717, 1.165) is 19.4 Å². The SMILES string of the molecule is C=CCNC(CC)CCO. The number of rotatable bonds is 6. The predicted molar refractivity (Wildman–Crippen MR) is 44.0 cm³/mol. The molecule has 10 heavy (non-hydrogen) atoms. The van der Waals surface area contributed by atoms with Gasteiger partial charge in [0.15, 0.2) is 0 Å². The number of nitrogens with one attached hydrogen (secondary N) is 1. The van der Waals surface area contributed by atoms with E-state index in [1.807, 2.05) is 6.08 Å². The highest BCUT2D eigenvalue weighted by Gasteiger charge is 2.01. The molecule has 0 amide bonds. The summed E-state index contributed by atoms with van der Waals surface area (Å²) in [5.41, 5.74) is 0. The molecular formula is C8H17NO. The van der Waals surface area contributed by atoms with Gasteiger partial charge in [-0.2, -0.15) is 0 Å². The molecule has 0 saturated heterocycles. The van der Waals surface area contributed by atoms with Gasteiger partial charge >= 0.3 is 0 Å². The molecule has 0 saturated carbocycles. The van der Waals surface area contributed by atoms with Crippen LogP contribution in [0.3, 0.4) is 0 Å². The maximum atomic E-state index is 8.60. The van der Waals surface area contributed by atoms with Crippen LogP contribution in [0.5, 0.6) is 0 Å². The lowest BCUT2D eigenvalue weighted by Crippen LogP contribution is -2.29. The van der Waals surface area contributed by atoms with E-state index in [-0.39, 0.29) is 6.61 Å². The minimum absolute atomic E-state index is 0.267. The first kappa shape index (κ1) is 9.66. The second-order valence-electron chi connectivity index (χ2n) is 2.31. The Morgan fingerprint density at radius 2 is 2.40 bits per heavy atom. The number of aliphatic hydroxyl groups excluding tert-OH is 1. The molecule has 0 bridgehead atoms. The smallest absolute Gasteiger partial charge is 0.0445 e. The second kappa shape index (κ2) is 6.78. The number of aliphatic hydroxyl groups is 1. The fraction of sp³-hybridized carbons (Fsp3) is 0.750. The molecule has 0 radical (unpaired) electrons. The molecule has 0 heterocycles. The van der Waals surface area contributed by atoms with Crippen molar-refractivity contribution in [1.82, 2.24) is 5.32 Å². The summed E-state index contributed by atoms with van der Waals surface area (Å²) in [5, 5.41) is 11.8. The topological polar surface area (TPSA) is 32.3 Å². The van der Waals surface area contributed by atoms with Crippen molar-refractivity contribution in [3.05, 3.63) is 12.7 Å². The highest BCUT2D eigenvalue weighted by molar-refractivity contribution is 4.74. The summed E-state index contributed by atoms with van der Waals surface area (Å²) in [5.74, 6) is 0. The maximum Gasteiger partial charge on any atom is 0.0445 e. The Hall–Kier alpha value is -0.340. The Kier molecular flexibility index (Phi) is 6.55. The molecule has 0 aliphatic heterocycles. The zero-order chi connectivity index (χ0) is 7.82. The normalized spacial score (nSPS) is 13.0. The van der Waals surface area contributed by atoms with Crippen LogP contribution in [0, 0.1) is 0 Å². The molecule has 1 atom stereocenters. The average molecular weight is 143 g/mol. The van der Waals surface area contributed by atoms with Crippen molar-refractivity contribution in [2.45, 2.75) is 25.8 Å². The number of hydrogen-bond acceptors (Lipinski definition) is 2. The first-order valence-corrected chi connectivity index (χ1v) is 3.80. The molecule has 1 unspecified atom stereocenters. The van der Waals surface area contributed by atoms with Crippen molar-refractivity contribution in [2.24, 2.45) is 0 Å². The first-order chi connectivity index (χ1) is 4.85. The van der Waals surface area contributed by atoms with E-state index in [4.69, 9.17) is 5.11 Å². The summed E-state index contributed by atoms with van der Waals surface area (Å²) < 4.78 is 0. The van der Waals surface area contributed by atoms with Gasteiger partial charge in [-0.05, 0) is 12.8 Å². The largest absolute Gasteiger partial charge is 0.396 e. The second-order valence-corrected chi connectivity index (χ2v) is 2.31. The summed E-state index contributed by atoms with van der Waals surface area (Å²) in [6, 6.07) is 0.447. The van der Waals surface area contributed by atoms with E-state index in [9.17, 15) is 0 Å². The zero-order valence-corrected chi connectivity index (χ0v) is 6.64. The first-order valence-electron chi connectivity index (χ1n) is 3.80. The van der Waals surface area contributed by atoms with Gasteiger partial charge in [0, 0.05) is 19.2 Å². The lowest BCUT2D eigenvalue weighted by atomic mass is 10.1. The summed E-state index contributed by atoms with van der Waals surface area (Å²) in [6.45, 7) is 6.81. The Balaban J connectivity index is 3.29. The minimum atomic E-state index is 0.267. The highest BCUT2D eigenvalue weighted by Crippen LogP contribution is 1.94. The van der Waals surface area contributed by atoms with Crippen LogP contribution >= 0.6 is 0 Å². The predicted octanol–water partition coefficient (Wildman–Crippen LogP) is 0.923. The quantitative estimate of drug-likeness (QED) is 0.542. The summed E-state index contributed by atoms with van der Waals surface area (Å²) >= 11 is 0. The molecule has 0 aromatic rings. The molecule has 2 nitrogen and oxygen atoms in total. The standard InChI is InChI=1S/C8H17NO/c1-3-6-9-8(4-2)5-7-10/h3,8-10H,1,4-7H2,2H3. The van der Waals surface area contributed by atoms with Crippen LogP contribution in [-0.2, 0) is 0 Å². The van der Waals surface area contributed by atoms with Gasteiger partial charge in [0.1, 0.15) is 0 Å². The molecule has 0 aliphatic rings. The van der Waals surface area contributed by atoms with Crippen molar-refractivity contribution < 1.29 is 5.11 Å². The molecule has 2 heteroatoms. The van der Waals surface area contributed by atoms with Crippen LogP contribution in [0.1, 0.15) is 19.8 Å².